The molecule has 0 spiro atoms. The van der Waals surface area contributed by atoms with Gasteiger partial charge in [0.1, 0.15) is 17.0 Å². The van der Waals surface area contributed by atoms with Crippen LogP contribution in [0.2, 0.25) is 0 Å². The summed E-state index contributed by atoms with van der Waals surface area (Å²) in [5.41, 5.74) is 1.22. The summed E-state index contributed by atoms with van der Waals surface area (Å²) in [6.07, 6.45) is 4.45. The average Bonchev–Trinajstić information content (AvgIpc) is 3.38. The van der Waals surface area contributed by atoms with Gasteiger partial charge in [0, 0.05) is 17.8 Å². The minimum atomic E-state index is -1.07. The van der Waals surface area contributed by atoms with E-state index in [1.807, 2.05) is 53.3 Å². The van der Waals surface area contributed by atoms with E-state index in [0.29, 0.717) is 29.6 Å². The quantitative estimate of drug-likeness (QED) is 0.618. The summed E-state index contributed by atoms with van der Waals surface area (Å²) in [4.78, 5) is 29.4. The Hall–Kier alpha value is -2.80. The zero-order valence-corrected chi connectivity index (χ0v) is 19.6. The lowest BCUT2D eigenvalue weighted by molar-refractivity contribution is -0.127. The van der Waals surface area contributed by atoms with Crippen LogP contribution in [0.25, 0.3) is 10.2 Å². The number of nitrogens with zero attached hydrogens (tertiary/aromatic N) is 2. The molecule has 3 atom stereocenters. The van der Waals surface area contributed by atoms with E-state index in [1.165, 1.54) is 6.42 Å². The highest BCUT2D eigenvalue weighted by atomic mass is 32.1. The number of aromatic nitrogens is 1. The molecule has 0 saturated heterocycles. The summed E-state index contributed by atoms with van der Waals surface area (Å²) in [6, 6.07) is 11.5. The van der Waals surface area contributed by atoms with Gasteiger partial charge in [-0.3, -0.25) is 14.5 Å². The molecule has 1 N–H and O–H groups in total. The third-order valence-electron chi connectivity index (χ3n) is 7.13. The van der Waals surface area contributed by atoms with Gasteiger partial charge >= 0.3 is 0 Å². The highest BCUT2D eigenvalue weighted by molar-refractivity contribution is 7.17. The Bertz CT molecular complexity index is 1180. The number of benzene rings is 1. The van der Waals surface area contributed by atoms with Crippen molar-refractivity contribution in [1.82, 2.24) is 9.88 Å². The number of fused-ring (bicyclic) bond motifs is 3. The van der Waals surface area contributed by atoms with Gasteiger partial charge in [-0.2, -0.15) is 0 Å². The molecule has 1 saturated carbocycles. The second-order valence-electron chi connectivity index (χ2n) is 9.24. The number of carbonyl (C=O) groups excluding carboxylic acids is 2. The standard InChI is InChI=1S/C25H29N3O3S/c1-16-7-4-5-10-19(16)26-24(30)25(2)15-27-20-11-12-32-22(20)14-21(27)23(29)28(25)17-8-6-9-18(13-17)31-3/h6,8-9,11-14,16,19H,4-5,7,10,15H2,1-3H3,(H,26,30)/t16-,19-,25-/m1/s1. The topological polar surface area (TPSA) is 63.6 Å². The lowest BCUT2D eigenvalue weighted by Crippen LogP contribution is -2.65. The van der Waals surface area contributed by atoms with Crippen molar-refractivity contribution in [3.8, 4) is 5.75 Å². The number of nitrogens with one attached hydrogen (secondary N) is 1. The fraction of sp³-hybridized carbons (Fsp3) is 0.440. The van der Waals surface area contributed by atoms with Crippen LogP contribution >= 0.6 is 11.3 Å². The normalized spacial score (nSPS) is 25.6. The average molecular weight is 452 g/mol. The molecule has 3 aromatic rings. The van der Waals surface area contributed by atoms with Gasteiger partial charge in [-0.05, 0) is 55.3 Å². The lowest BCUT2D eigenvalue weighted by atomic mass is 9.84. The molecule has 168 valence electrons. The smallest absolute Gasteiger partial charge is 0.275 e. The van der Waals surface area contributed by atoms with Crippen LogP contribution in [0.15, 0.2) is 41.8 Å². The van der Waals surface area contributed by atoms with Gasteiger partial charge in [-0.1, -0.05) is 25.8 Å². The van der Waals surface area contributed by atoms with Gasteiger partial charge < -0.3 is 14.6 Å². The van der Waals surface area contributed by atoms with Crippen molar-refractivity contribution in [2.75, 3.05) is 12.0 Å². The van der Waals surface area contributed by atoms with Gasteiger partial charge in [0.05, 0.1) is 23.9 Å². The maximum absolute atomic E-state index is 13.9. The first-order chi connectivity index (χ1) is 15.4. The van der Waals surface area contributed by atoms with E-state index in [1.54, 1.807) is 23.3 Å². The number of anilines is 1. The van der Waals surface area contributed by atoms with Crippen molar-refractivity contribution < 1.29 is 14.3 Å². The highest BCUT2D eigenvalue weighted by Gasteiger charge is 2.49. The molecular weight excluding hydrogens is 422 g/mol. The zero-order valence-electron chi connectivity index (χ0n) is 18.8. The highest BCUT2D eigenvalue weighted by Crippen LogP contribution is 2.38. The maximum Gasteiger partial charge on any atom is 0.275 e. The van der Waals surface area contributed by atoms with Gasteiger partial charge in [-0.25, -0.2) is 0 Å². The molecule has 0 bridgehead atoms. The van der Waals surface area contributed by atoms with Gasteiger partial charge in [-0.15, -0.1) is 11.3 Å². The molecule has 6 nitrogen and oxygen atoms in total. The Labute approximate surface area is 192 Å². The van der Waals surface area contributed by atoms with E-state index in [-0.39, 0.29) is 17.9 Å². The molecule has 5 rings (SSSR count). The molecule has 2 aromatic heterocycles. The SMILES string of the molecule is COc1cccc(N2C(=O)c3cc4sccc4n3C[C@]2(C)C(=O)N[C@@H]2CCCC[C@H]2C)c1. The first kappa shape index (κ1) is 21.1. The van der Waals surface area contributed by atoms with Crippen LogP contribution in [0.3, 0.4) is 0 Å². The molecule has 0 radical (unpaired) electrons. The first-order valence-electron chi connectivity index (χ1n) is 11.3. The molecule has 32 heavy (non-hydrogen) atoms. The minimum absolute atomic E-state index is 0.102. The summed E-state index contributed by atoms with van der Waals surface area (Å²) in [5.74, 6) is 0.824. The Morgan fingerprint density at radius 1 is 1.22 bits per heavy atom. The maximum atomic E-state index is 13.9. The van der Waals surface area contributed by atoms with Gasteiger partial charge in [0.25, 0.3) is 5.91 Å². The molecule has 3 heterocycles. The van der Waals surface area contributed by atoms with E-state index < -0.39 is 5.54 Å². The minimum Gasteiger partial charge on any atom is -0.497 e. The molecule has 2 aliphatic rings. The van der Waals surface area contributed by atoms with Crippen LogP contribution in [0.1, 0.15) is 50.0 Å². The van der Waals surface area contributed by atoms with Crippen molar-refractivity contribution in [3.63, 3.8) is 0 Å². The summed E-state index contributed by atoms with van der Waals surface area (Å²) >= 11 is 1.61. The van der Waals surface area contributed by atoms with Crippen LogP contribution < -0.4 is 15.0 Å². The van der Waals surface area contributed by atoms with E-state index in [2.05, 4.69) is 12.2 Å². The Morgan fingerprint density at radius 2 is 2.03 bits per heavy atom. The number of ether oxygens (including phenoxy) is 1. The monoisotopic (exact) mass is 451 g/mol. The Morgan fingerprint density at radius 3 is 2.81 bits per heavy atom. The molecule has 1 aromatic carbocycles. The summed E-state index contributed by atoms with van der Waals surface area (Å²) < 4.78 is 8.48. The summed E-state index contributed by atoms with van der Waals surface area (Å²) in [6.45, 7) is 4.49. The van der Waals surface area contributed by atoms with Crippen LogP contribution in [-0.2, 0) is 11.3 Å². The van der Waals surface area contributed by atoms with E-state index in [0.717, 1.165) is 29.5 Å². The second kappa shape index (κ2) is 7.96. The second-order valence-corrected chi connectivity index (χ2v) is 10.2. The van der Waals surface area contributed by atoms with Gasteiger partial charge in [0.15, 0.2) is 0 Å². The number of thiophene rings is 1. The summed E-state index contributed by atoms with van der Waals surface area (Å²) in [7, 11) is 1.60. The van der Waals surface area contributed by atoms with Crippen molar-refractivity contribution >= 4 is 39.1 Å². The number of carbonyl (C=O) groups is 2. The number of hydrogen-bond donors (Lipinski definition) is 1. The van der Waals surface area contributed by atoms with Crippen LogP contribution in [0.4, 0.5) is 5.69 Å². The largest absolute Gasteiger partial charge is 0.497 e. The van der Waals surface area contributed by atoms with Crippen LogP contribution in [-0.4, -0.2) is 35.1 Å². The molecular formula is C25H29N3O3S. The molecule has 1 aliphatic heterocycles. The molecule has 2 amide bonds. The summed E-state index contributed by atoms with van der Waals surface area (Å²) in [5, 5.41) is 5.34. The molecule has 1 aliphatic carbocycles. The fourth-order valence-electron chi connectivity index (χ4n) is 5.22. The predicted molar refractivity (Wildman–Crippen MR) is 128 cm³/mol. The van der Waals surface area contributed by atoms with Crippen molar-refractivity contribution in [1.29, 1.82) is 0 Å². The predicted octanol–water partition coefficient (Wildman–Crippen LogP) is 4.83. The third kappa shape index (κ3) is 3.30. The number of hydrogen-bond acceptors (Lipinski definition) is 4. The number of rotatable bonds is 4. The van der Waals surface area contributed by atoms with Crippen molar-refractivity contribution in [2.24, 2.45) is 5.92 Å². The van der Waals surface area contributed by atoms with E-state index in [4.69, 9.17) is 4.74 Å². The third-order valence-corrected chi connectivity index (χ3v) is 7.99. The molecule has 1 fully saturated rings. The zero-order chi connectivity index (χ0) is 22.5. The molecule has 0 unspecified atom stereocenters. The number of amides is 2. The van der Waals surface area contributed by atoms with Crippen LogP contribution in [0, 0.1) is 5.92 Å². The van der Waals surface area contributed by atoms with Crippen molar-refractivity contribution in [2.45, 2.75) is 57.7 Å². The Balaban J connectivity index is 1.60. The van der Waals surface area contributed by atoms with Crippen molar-refractivity contribution in [3.05, 3.63) is 47.5 Å². The van der Waals surface area contributed by atoms with Crippen LogP contribution in [0.5, 0.6) is 5.75 Å². The lowest BCUT2D eigenvalue weighted by Gasteiger charge is -2.45. The molecule has 7 heteroatoms. The van der Waals surface area contributed by atoms with E-state index in [9.17, 15) is 9.59 Å². The Kier molecular flexibility index (Phi) is 5.24. The number of methoxy groups -OCH3 is 1. The van der Waals surface area contributed by atoms with E-state index >= 15 is 0 Å². The van der Waals surface area contributed by atoms with Gasteiger partial charge in [0.2, 0.25) is 5.91 Å². The fourth-order valence-corrected chi connectivity index (χ4v) is 6.04. The first-order valence-corrected chi connectivity index (χ1v) is 12.2.